The lowest BCUT2D eigenvalue weighted by atomic mass is 10.1. The molecular weight excluding hydrogens is 328 g/mol. The van der Waals surface area contributed by atoms with Crippen LogP contribution in [0.3, 0.4) is 0 Å². The number of aryl methyl sites for hydroxylation is 1. The molecular formula is C20H28N4O2. The fourth-order valence-electron chi connectivity index (χ4n) is 4.18. The van der Waals surface area contributed by atoms with Gasteiger partial charge in [-0.3, -0.25) is 4.98 Å². The summed E-state index contributed by atoms with van der Waals surface area (Å²) < 4.78 is 10.9. The molecule has 4 rings (SSSR count). The Hall–Kier alpha value is -2.08. The number of aromatic nitrogens is 2. The Labute approximate surface area is 154 Å². The zero-order valence-corrected chi connectivity index (χ0v) is 16.0. The van der Waals surface area contributed by atoms with Crippen LogP contribution in [0.1, 0.15) is 36.9 Å². The molecule has 1 fully saturated rings. The van der Waals surface area contributed by atoms with Crippen LogP contribution >= 0.6 is 0 Å². The van der Waals surface area contributed by atoms with Gasteiger partial charge in [0.2, 0.25) is 0 Å². The first-order chi connectivity index (χ1) is 12.7. The molecule has 26 heavy (non-hydrogen) atoms. The van der Waals surface area contributed by atoms with Gasteiger partial charge in [-0.2, -0.15) is 0 Å². The second kappa shape index (κ2) is 7.27. The van der Waals surface area contributed by atoms with Crippen molar-refractivity contribution in [3.05, 3.63) is 17.3 Å². The number of fused-ring (bicyclic) bond motifs is 2. The Kier molecular flexibility index (Phi) is 4.85. The van der Waals surface area contributed by atoms with Crippen LogP contribution in [0.4, 0.5) is 5.69 Å². The molecule has 6 nitrogen and oxygen atoms in total. The SMILES string of the molecule is COc1cc2nc3c(c(N[C@@H]4CCCN(C)CC4)c2nc1OC)CCC3. The minimum atomic E-state index is 0.477. The van der Waals surface area contributed by atoms with Crippen molar-refractivity contribution in [2.75, 3.05) is 39.7 Å². The van der Waals surface area contributed by atoms with Crippen LogP contribution in [0.2, 0.25) is 0 Å². The van der Waals surface area contributed by atoms with Crippen LogP contribution < -0.4 is 14.8 Å². The Morgan fingerprint density at radius 3 is 2.77 bits per heavy atom. The van der Waals surface area contributed by atoms with E-state index in [1.54, 1.807) is 14.2 Å². The van der Waals surface area contributed by atoms with E-state index in [2.05, 4.69) is 17.3 Å². The van der Waals surface area contributed by atoms with E-state index in [-0.39, 0.29) is 0 Å². The van der Waals surface area contributed by atoms with E-state index in [1.165, 1.54) is 30.6 Å². The number of likely N-dealkylation sites (tertiary alicyclic amines) is 1. The lowest BCUT2D eigenvalue weighted by molar-refractivity contribution is 0.344. The van der Waals surface area contributed by atoms with Crippen LogP contribution in [-0.2, 0) is 12.8 Å². The van der Waals surface area contributed by atoms with E-state index in [0.717, 1.165) is 48.9 Å². The number of hydrogen-bond acceptors (Lipinski definition) is 6. The number of rotatable bonds is 4. The number of hydrogen-bond donors (Lipinski definition) is 1. The maximum atomic E-state index is 5.44. The highest BCUT2D eigenvalue weighted by Gasteiger charge is 2.24. The fourth-order valence-corrected chi connectivity index (χ4v) is 4.18. The normalized spacial score (nSPS) is 20.7. The smallest absolute Gasteiger partial charge is 0.257 e. The zero-order valence-electron chi connectivity index (χ0n) is 16.0. The van der Waals surface area contributed by atoms with Crippen LogP contribution in [0, 0.1) is 0 Å². The van der Waals surface area contributed by atoms with Gasteiger partial charge in [-0.05, 0) is 64.2 Å². The fraction of sp³-hybridized carbons (Fsp3) is 0.600. The predicted octanol–water partition coefficient (Wildman–Crippen LogP) is 3.03. The first kappa shape index (κ1) is 17.3. The Bertz CT molecular complexity index is 808. The maximum Gasteiger partial charge on any atom is 0.257 e. The lowest BCUT2D eigenvalue weighted by Gasteiger charge is -2.22. The van der Waals surface area contributed by atoms with Gasteiger partial charge in [0.25, 0.3) is 5.88 Å². The molecule has 2 aromatic rings. The molecule has 0 radical (unpaired) electrons. The van der Waals surface area contributed by atoms with Crippen molar-refractivity contribution >= 4 is 16.7 Å². The van der Waals surface area contributed by atoms with Gasteiger partial charge in [-0.1, -0.05) is 0 Å². The Balaban J connectivity index is 1.78. The largest absolute Gasteiger partial charge is 0.491 e. The second-order valence-corrected chi connectivity index (χ2v) is 7.41. The van der Waals surface area contributed by atoms with Gasteiger partial charge in [0.15, 0.2) is 5.75 Å². The van der Waals surface area contributed by atoms with Crippen LogP contribution in [0.15, 0.2) is 6.07 Å². The molecule has 1 saturated heterocycles. The van der Waals surface area contributed by atoms with Crippen molar-refractivity contribution in [2.45, 2.75) is 44.6 Å². The molecule has 0 spiro atoms. The summed E-state index contributed by atoms with van der Waals surface area (Å²) >= 11 is 0. The number of nitrogens with zero attached hydrogens (tertiary/aromatic N) is 3. The number of pyridine rings is 2. The third kappa shape index (κ3) is 3.18. The van der Waals surface area contributed by atoms with E-state index >= 15 is 0 Å². The third-order valence-electron chi connectivity index (χ3n) is 5.63. The summed E-state index contributed by atoms with van der Waals surface area (Å²) in [6.45, 7) is 2.31. The molecule has 0 bridgehead atoms. The van der Waals surface area contributed by atoms with E-state index in [0.29, 0.717) is 17.7 Å². The van der Waals surface area contributed by atoms with E-state index in [9.17, 15) is 0 Å². The molecule has 1 N–H and O–H groups in total. The lowest BCUT2D eigenvalue weighted by Crippen LogP contribution is -2.23. The predicted molar refractivity (Wildman–Crippen MR) is 103 cm³/mol. The number of methoxy groups -OCH3 is 2. The number of anilines is 1. The van der Waals surface area contributed by atoms with Gasteiger partial charge < -0.3 is 19.7 Å². The first-order valence-electron chi connectivity index (χ1n) is 9.59. The average Bonchev–Trinajstić information content (AvgIpc) is 3.03. The van der Waals surface area contributed by atoms with E-state index in [1.807, 2.05) is 6.07 Å². The van der Waals surface area contributed by atoms with E-state index < -0.39 is 0 Å². The van der Waals surface area contributed by atoms with Gasteiger partial charge in [0.1, 0.15) is 5.52 Å². The quantitative estimate of drug-likeness (QED) is 0.909. The van der Waals surface area contributed by atoms with Gasteiger partial charge in [-0.15, -0.1) is 0 Å². The Morgan fingerprint density at radius 2 is 1.96 bits per heavy atom. The summed E-state index contributed by atoms with van der Waals surface area (Å²) in [6.07, 6.45) is 6.85. The molecule has 2 aromatic heterocycles. The highest BCUT2D eigenvalue weighted by atomic mass is 16.5. The molecule has 6 heteroatoms. The summed E-state index contributed by atoms with van der Waals surface area (Å²) in [5, 5.41) is 3.85. The number of nitrogens with one attached hydrogen (secondary N) is 1. The standard InChI is InChI=1S/C20H28N4O2/c1-24-10-5-6-13(9-11-24)21-18-14-7-4-8-15(14)22-16-12-17(25-2)20(26-3)23-19(16)18/h12-13H,4-11H2,1-3H3,(H,21,22)/t13-/m1/s1. The maximum absolute atomic E-state index is 5.44. The highest BCUT2D eigenvalue weighted by molar-refractivity contribution is 5.92. The van der Waals surface area contributed by atoms with Gasteiger partial charge >= 0.3 is 0 Å². The van der Waals surface area contributed by atoms with Gasteiger partial charge in [0, 0.05) is 17.8 Å². The minimum absolute atomic E-state index is 0.477. The molecule has 3 heterocycles. The molecule has 2 aliphatic rings. The van der Waals surface area contributed by atoms with Crippen molar-refractivity contribution in [3.63, 3.8) is 0 Å². The summed E-state index contributed by atoms with van der Waals surface area (Å²) in [5.41, 5.74) is 5.50. The molecule has 0 aromatic carbocycles. The number of ether oxygens (including phenoxy) is 2. The van der Waals surface area contributed by atoms with Crippen molar-refractivity contribution in [1.82, 2.24) is 14.9 Å². The van der Waals surface area contributed by atoms with Gasteiger partial charge in [-0.25, -0.2) is 4.98 Å². The zero-order chi connectivity index (χ0) is 18.1. The third-order valence-corrected chi connectivity index (χ3v) is 5.63. The molecule has 140 valence electrons. The molecule has 0 saturated carbocycles. The summed E-state index contributed by atoms with van der Waals surface area (Å²) in [6, 6.07) is 2.43. The minimum Gasteiger partial charge on any atom is -0.491 e. The summed E-state index contributed by atoms with van der Waals surface area (Å²) in [5.74, 6) is 1.15. The van der Waals surface area contributed by atoms with Gasteiger partial charge in [0.05, 0.1) is 25.4 Å². The van der Waals surface area contributed by atoms with Crippen molar-refractivity contribution in [3.8, 4) is 11.6 Å². The van der Waals surface area contributed by atoms with Crippen LogP contribution in [-0.4, -0.2) is 55.3 Å². The molecule has 0 amide bonds. The topological polar surface area (TPSA) is 59.5 Å². The van der Waals surface area contributed by atoms with Crippen molar-refractivity contribution < 1.29 is 9.47 Å². The van der Waals surface area contributed by atoms with Crippen molar-refractivity contribution in [1.29, 1.82) is 0 Å². The molecule has 1 aliphatic heterocycles. The summed E-state index contributed by atoms with van der Waals surface area (Å²) in [4.78, 5) is 12.1. The monoisotopic (exact) mass is 356 g/mol. The molecule has 1 aliphatic carbocycles. The van der Waals surface area contributed by atoms with Crippen LogP contribution in [0.25, 0.3) is 11.0 Å². The van der Waals surface area contributed by atoms with Crippen molar-refractivity contribution in [2.24, 2.45) is 0 Å². The second-order valence-electron chi connectivity index (χ2n) is 7.41. The molecule has 1 atom stereocenters. The Morgan fingerprint density at radius 1 is 1.08 bits per heavy atom. The first-order valence-corrected chi connectivity index (χ1v) is 9.59. The summed E-state index contributed by atoms with van der Waals surface area (Å²) in [7, 11) is 5.48. The van der Waals surface area contributed by atoms with Crippen LogP contribution in [0.5, 0.6) is 11.6 Å². The molecule has 0 unspecified atom stereocenters. The average molecular weight is 356 g/mol. The van der Waals surface area contributed by atoms with E-state index in [4.69, 9.17) is 19.4 Å². The highest BCUT2D eigenvalue weighted by Crippen LogP contribution is 2.38.